The monoisotopic (exact) mass is 237 g/mol. The second-order valence-electron chi connectivity index (χ2n) is 3.68. The molecule has 1 unspecified atom stereocenters. The van der Waals surface area contributed by atoms with Crippen molar-refractivity contribution in [1.29, 1.82) is 0 Å². The van der Waals surface area contributed by atoms with Crippen LogP contribution in [0.5, 0.6) is 0 Å². The van der Waals surface area contributed by atoms with Gasteiger partial charge in [-0.25, -0.2) is 4.39 Å². The molecule has 92 valence electrons. The van der Waals surface area contributed by atoms with Gasteiger partial charge in [-0.05, 0) is 30.2 Å². The van der Waals surface area contributed by atoms with Crippen LogP contribution in [0, 0.1) is 5.82 Å². The first-order chi connectivity index (χ1) is 8.15. The second-order valence-corrected chi connectivity index (χ2v) is 3.68. The fourth-order valence-corrected chi connectivity index (χ4v) is 1.27. The predicted octanol–water partition coefficient (Wildman–Crippen LogP) is 1.73. The molecule has 0 bridgehead atoms. The molecule has 1 aromatic carbocycles. The maximum atomic E-state index is 12.6. The number of aliphatic hydroxyl groups excluding tert-OH is 1. The van der Waals surface area contributed by atoms with E-state index in [1.54, 1.807) is 18.2 Å². The molecule has 0 fully saturated rings. The second kappa shape index (κ2) is 6.81. The molecule has 0 spiro atoms. The van der Waals surface area contributed by atoms with Crippen molar-refractivity contribution >= 4 is 12.0 Å². The Morgan fingerprint density at radius 3 is 2.65 bits per heavy atom. The molecule has 0 aliphatic rings. The van der Waals surface area contributed by atoms with Gasteiger partial charge in [-0.1, -0.05) is 19.1 Å². The van der Waals surface area contributed by atoms with E-state index in [0.717, 1.165) is 5.56 Å². The van der Waals surface area contributed by atoms with E-state index in [4.69, 9.17) is 5.11 Å². The molecule has 0 aliphatic heterocycles. The molecule has 1 rings (SSSR count). The van der Waals surface area contributed by atoms with Crippen LogP contribution in [0.1, 0.15) is 18.9 Å². The molecule has 1 atom stereocenters. The lowest BCUT2D eigenvalue weighted by Crippen LogP contribution is -2.35. The Morgan fingerprint density at radius 2 is 2.12 bits per heavy atom. The highest BCUT2D eigenvalue weighted by atomic mass is 19.1. The number of amides is 1. The number of aliphatic hydroxyl groups is 1. The van der Waals surface area contributed by atoms with Crippen molar-refractivity contribution in [2.45, 2.75) is 19.4 Å². The third-order valence-corrected chi connectivity index (χ3v) is 2.36. The van der Waals surface area contributed by atoms with Crippen LogP contribution in [0.15, 0.2) is 30.3 Å². The molecular formula is C13H16FNO2. The molecule has 0 heterocycles. The Bertz CT molecular complexity index is 383. The van der Waals surface area contributed by atoms with Crippen molar-refractivity contribution in [3.63, 3.8) is 0 Å². The van der Waals surface area contributed by atoms with E-state index in [9.17, 15) is 9.18 Å². The van der Waals surface area contributed by atoms with Crippen LogP contribution in [0.2, 0.25) is 0 Å². The highest BCUT2D eigenvalue weighted by Gasteiger charge is 2.05. The smallest absolute Gasteiger partial charge is 0.244 e. The van der Waals surface area contributed by atoms with Crippen LogP contribution < -0.4 is 5.32 Å². The average molecular weight is 237 g/mol. The number of hydrogen-bond donors (Lipinski definition) is 2. The third kappa shape index (κ3) is 4.78. The first kappa shape index (κ1) is 13.4. The minimum absolute atomic E-state index is 0.0768. The summed E-state index contributed by atoms with van der Waals surface area (Å²) in [6.45, 7) is 1.80. The Balaban J connectivity index is 2.53. The van der Waals surface area contributed by atoms with Gasteiger partial charge in [0.15, 0.2) is 0 Å². The van der Waals surface area contributed by atoms with Crippen LogP contribution in [-0.4, -0.2) is 23.7 Å². The number of nitrogens with one attached hydrogen (secondary N) is 1. The first-order valence-electron chi connectivity index (χ1n) is 5.50. The number of halogens is 1. The highest BCUT2D eigenvalue weighted by Crippen LogP contribution is 2.04. The molecule has 1 aromatic rings. The predicted molar refractivity (Wildman–Crippen MR) is 64.7 cm³/mol. The summed E-state index contributed by atoms with van der Waals surface area (Å²) in [6, 6.07) is 5.62. The molecule has 1 amide bonds. The van der Waals surface area contributed by atoms with Crippen LogP contribution in [0.4, 0.5) is 4.39 Å². The normalized spacial score (nSPS) is 12.6. The number of carbonyl (C=O) groups is 1. The van der Waals surface area contributed by atoms with Crippen LogP contribution in [-0.2, 0) is 4.79 Å². The fourth-order valence-electron chi connectivity index (χ4n) is 1.27. The van der Waals surface area contributed by atoms with Gasteiger partial charge in [-0.15, -0.1) is 0 Å². The van der Waals surface area contributed by atoms with Crippen molar-refractivity contribution in [3.8, 4) is 0 Å². The van der Waals surface area contributed by atoms with Gasteiger partial charge in [0, 0.05) is 6.08 Å². The van der Waals surface area contributed by atoms with Gasteiger partial charge in [0.25, 0.3) is 0 Å². The molecule has 0 saturated heterocycles. The standard InChI is InChI=1S/C13H16FNO2/c1-2-12(9-16)15-13(17)8-5-10-3-6-11(14)7-4-10/h3-8,12,16H,2,9H2,1H3,(H,15,17)/b8-5+. The first-order valence-corrected chi connectivity index (χ1v) is 5.50. The van der Waals surface area contributed by atoms with Crippen LogP contribution in [0.25, 0.3) is 6.08 Å². The summed E-state index contributed by atoms with van der Waals surface area (Å²) in [5.74, 6) is -0.576. The summed E-state index contributed by atoms with van der Waals surface area (Å²) in [6.07, 6.45) is 3.64. The SMILES string of the molecule is CCC(CO)NC(=O)/C=C/c1ccc(F)cc1. The van der Waals surface area contributed by atoms with Crippen molar-refractivity contribution < 1.29 is 14.3 Å². The molecule has 3 nitrogen and oxygen atoms in total. The van der Waals surface area contributed by atoms with E-state index in [-0.39, 0.29) is 24.4 Å². The lowest BCUT2D eigenvalue weighted by Gasteiger charge is -2.11. The van der Waals surface area contributed by atoms with E-state index < -0.39 is 0 Å². The Hall–Kier alpha value is -1.68. The Labute approximate surface area is 100.0 Å². The number of hydrogen-bond acceptors (Lipinski definition) is 2. The molecule has 2 N–H and O–H groups in total. The molecular weight excluding hydrogens is 221 g/mol. The Morgan fingerprint density at radius 1 is 1.47 bits per heavy atom. The summed E-state index contributed by atoms with van der Waals surface area (Å²) < 4.78 is 12.6. The van der Waals surface area contributed by atoms with Crippen LogP contribution >= 0.6 is 0 Å². The zero-order chi connectivity index (χ0) is 12.7. The largest absolute Gasteiger partial charge is 0.394 e. The summed E-state index contributed by atoms with van der Waals surface area (Å²) in [7, 11) is 0. The highest BCUT2D eigenvalue weighted by molar-refractivity contribution is 5.91. The maximum Gasteiger partial charge on any atom is 0.244 e. The zero-order valence-corrected chi connectivity index (χ0v) is 9.69. The van der Waals surface area contributed by atoms with E-state index in [1.165, 1.54) is 18.2 Å². The topological polar surface area (TPSA) is 49.3 Å². The average Bonchev–Trinajstić information content (AvgIpc) is 2.35. The van der Waals surface area contributed by atoms with Crippen LogP contribution in [0.3, 0.4) is 0 Å². The lowest BCUT2D eigenvalue weighted by atomic mass is 10.2. The van der Waals surface area contributed by atoms with Crippen molar-refractivity contribution in [2.75, 3.05) is 6.61 Å². The fraction of sp³-hybridized carbons (Fsp3) is 0.308. The number of carbonyl (C=O) groups excluding carboxylic acids is 1. The van der Waals surface area contributed by atoms with Gasteiger partial charge in [-0.3, -0.25) is 4.79 Å². The molecule has 0 saturated carbocycles. The quantitative estimate of drug-likeness (QED) is 0.766. The molecule has 0 aliphatic carbocycles. The van der Waals surface area contributed by atoms with Gasteiger partial charge in [-0.2, -0.15) is 0 Å². The van der Waals surface area contributed by atoms with Crippen molar-refractivity contribution in [1.82, 2.24) is 5.32 Å². The van der Waals surface area contributed by atoms with Gasteiger partial charge < -0.3 is 10.4 Å². The summed E-state index contributed by atoms with van der Waals surface area (Å²) in [5.41, 5.74) is 0.749. The summed E-state index contributed by atoms with van der Waals surface area (Å²) >= 11 is 0. The van der Waals surface area contributed by atoms with Crippen molar-refractivity contribution in [2.24, 2.45) is 0 Å². The van der Waals surface area contributed by atoms with Crippen molar-refractivity contribution in [3.05, 3.63) is 41.7 Å². The molecule has 0 aromatic heterocycles. The van der Waals surface area contributed by atoms with E-state index in [0.29, 0.717) is 6.42 Å². The molecule has 4 heteroatoms. The van der Waals surface area contributed by atoms with Gasteiger partial charge in [0.1, 0.15) is 5.82 Å². The number of rotatable bonds is 5. The van der Waals surface area contributed by atoms with Gasteiger partial charge >= 0.3 is 0 Å². The minimum atomic E-state index is -0.307. The van der Waals surface area contributed by atoms with Gasteiger partial charge in [0.05, 0.1) is 12.6 Å². The zero-order valence-electron chi connectivity index (χ0n) is 9.69. The van der Waals surface area contributed by atoms with E-state index in [2.05, 4.69) is 5.32 Å². The molecule has 17 heavy (non-hydrogen) atoms. The summed E-state index contributed by atoms with van der Waals surface area (Å²) in [5, 5.41) is 11.6. The maximum absolute atomic E-state index is 12.6. The van der Waals surface area contributed by atoms with E-state index >= 15 is 0 Å². The van der Waals surface area contributed by atoms with Gasteiger partial charge in [0.2, 0.25) is 5.91 Å². The Kier molecular flexibility index (Phi) is 5.36. The van der Waals surface area contributed by atoms with E-state index in [1.807, 2.05) is 6.92 Å². The third-order valence-electron chi connectivity index (χ3n) is 2.36. The molecule has 0 radical (unpaired) electrons. The number of benzene rings is 1. The minimum Gasteiger partial charge on any atom is -0.394 e. The summed E-state index contributed by atoms with van der Waals surface area (Å²) in [4.78, 5) is 11.4. The lowest BCUT2D eigenvalue weighted by molar-refractivity contribution is -0.117.